The zero-order valence-corrected chi connectivity index (χ0v) is 12.0. The summed E-state index contributed by atoms with van der Waals surface area (Å²) in [7, 11) is -1.62. The molecule has 2 N–H and O–H groups in total. The minimum Gasteiger partial charge on any atom is -0.388 e. The van der Waals surface area contributed by atoms with Crippen LogP contribution in [0.5, 0.6) is 0 Å². The van der Waals surface area contributed by atoms with Crippen LogP contribution in [-0.2, 0) is 14.8 Å². The van der Waals surface area contributed by atoms with Crippen molar-refractivity contribution >= 4 is 15.7 Å². The number of nitrogens with one attached hydrogen (secondary N) is 2. The third kappa shape index (κ3) is 3.46. The molecule has 0 unspecified atom stereocenters. The highest BCUT2D eigenvalue weighted by molar-refractivity contribution is 7.89. The average molecular weight is 284 g/mol. The molecular weight excluding hydrogens is 264 g/mol. The zero-order valence-electron chi connectivity index (χ0n) is 11.2. The van der Waals surface area contributed by atoms with Crippen LogP contribution in [0.15, 0.2) is 29.2 Å². The number of hydrogen-bond donors (Lipinski definition) is 2. The Labute approximate surface area is 114 Å². The highest BCUT2D eigenvalue weighted by atomic mass is 32.2. The smallest absolute Gasteiger partial charge is 0.240 e. The standard InChI is InChI=1S/C13H20N2O3S/c1-3-18-12-8-11(9-12)15-19(16,17)13-6-4-10(14-2)5-7-13/h4-7,11-12,14-15H,3,8-9H2,1-2H3. The number of benzene rings is 1. The predicted molar refractivity (Wildman–Crippen MR) is 74.7 cm³/mol. The lowest BCUT2D eigenvalue weighted by molar-refractivity contribution is -0.00475. The van der Waals surface area contributed by atoms with Crippen molar-refractivity contribution in [3.8, 4) is 0 Å². The van der Waals surface area contributed by atoms with E-state index in [4.69, 9.17) is 4.74 Å². The number of anilines is 1. The Balaban J connectivity index is 1.95. The summed E-state index contributed by atoms with van der Waals surface area (Å²) >= 11 is 0. The van der Waals surface area contributed by atoms with Gasteiger partial charge in [-0.3, -0.25) is 0 Å². The summed E-state index contributed by atoms with van der Waals surface area (Å²) < 4.78 is 32.4. The second kappa shape index (κ2) is 5.90. The molecule has 0 atom stereocenters. The van der Waals surface area contributed by atoms with Gasteiger partial charge in [0.15, 0.2) is 0 Å². The molecule has 6 heteroatoms. The van der Waals surface area contributed by atoms with Crippen molar-refractivity contribution in [3.63, 3.8) is 0 Å². The quantitative estimate of drug-likeness (QED) is 0.832. The first-order valence-corrected chi connectivity index (χ1v) is 7.95. The van der Waals surface area contributed by atoms with Gasteiger partial charge in [-0.25, -0.2) is 13.1 Å². The maximum atomic E-state index is 12.1. The molecular formula is C13H20N2O3S. The number of ether oxygens (including phenoxy) is 1. The van der Waals surface area contributed by atoms with Crippen molar-refractivity contribution in [2.75, 3.05) is 19.0 Å². The Kier molecular flexibility index (Phi) is 4.44. The van der Waals surface area contributed by atoms with Gasteiger partial charge in [0.05, 0.1) is 11.0 Å². The fraction of sp³-hybridized carbons (Fsp3) is 0.538. The van der Waals surface area contributed by atoms with Crippen molar-refractivity contribution < 1.29 is 13.2 Å². The van der Waals surface area contributed by atoms with Gasteiger partial charge in [-0.15, -0.1) is 0 Å². The molecule has 1 aliphatic carbocycles. The van der Waals surface area contributed by atoms with Crippen LogP contribution in [0, 0.1) is 0 Å². The molecule has 0 amide bonds. The summed E-state index contributed by atoms with van der Waals surface area (Å²) in [4.78, 5) is 0.298. The van der Waals surface area contributed by atoms with Gasteiger partial charge in [-0.05, 0) is 44.0 Å². The van der Waals surface area contributed by atoms with Crippen molar-refractivity contribution in [1.29, 1.82) is 0 Å². The van der Waals surface area contributed by atoms with Gasteiger partial charge in [0.2, 0.25) is 10.0 Å². The fourth-order valence-corrected chi connectivity index (χ4v) is 3.38. The van der Waals surface area contributed by atoms with E-state index >= 15 is 0 Å². The third-order valence-corrected chi connectivity index (χ3v) is 4.81. The molecule has 0 saturated heterocycles. The summed E-state index contributed by atoms with van der Waals surface area (Å²) in [6, 6.07) is 6.70. The molecule has 1 aliphatic rings. The first-order chi connectivity index (χ1) is 9.05. The molecule has 0 aromatic heterocycles. The van der Waals surface area contributed by atoms with Crippen molar-refractivity contribution in [1.82, 2.24) is 4.72 Å². The molecule has 0 bridgehead atoms. The van der Waals surface area contributed by atoms with Gasteiger partial charge in [0.1, 0.15) is 0 Å². The third-order valence-electron chi connectivity index (χ3n) is 3.27. The molecule has 0 radical (unpaired) electrons. The molecule has 1 aromatic carbocycles. The topological polar surface area (TPSA) is 67.4 Å². The first kappa shape index (κ1) is 14.3. The lowest BCUT2D eigenvalue weighted by Gasteiger charge is -2.35. The number of hydrogen-bond acceptors (Lipinski definition) is 4. The second-order valence-electron chi connectivity index (χ2n) is 4.64. The van der Waals surface area contributed by atoms with E-state index in [1.54, 1.807) is 31.3 Å². The normalized spacial score (nSPS) is 22.8. The van der Waals surface area contributed by atoms with Gasteiger partial charge in [-0.1, -0.05) is 0 Å². The highest BCUT2D eigenvalue weighted by Gasteiger charge is 2.33. The molecule has 0 heterocycles. The van der Waals surface area contributed by atoms with Crippen molar-refractivity contribution in [2.45, 2.75) is 36.8 Å². The van der Waals surface area contributed by atoms with E-state index in [1.165, 1.54) is 0 Å². The van der Waals surface area contributed by atoms with Crippen LogP contribution in [-0.4, -0.2) is 34.2 Å². The molecule has 19 heavy (non-hydrogen) atoms. The van der Waals surface area contributed by atoms with Crippen LogP contribution in [0.3, 0.4) is 0 Å². The van der Waals surface area contributed by atoms with E-state index in [0.29, 0.717) is 11.5 Å². The van der Waals surface area contributed by atoms with Gasteiger partial charge in [0.25, 0.3) is 0 Å². The van der Waals surface area contributed by atoms with E-state index in [2.05, 4.69) is 10.0 Å². The number of sulfonamides is 1. The molecule has 106 valence electrons. The minimum absolute atomic E-state index is 0.00877. The van der Waals surface area contributed by atoms with Gasteiger partial charge >= 0.3 is 0 Å². The van der Waals surface area contributed by atoms with E-state index in [0.717, 1.165) is 18.5 Å². The Morgan fingerprint density at radius 1 is 1.26 bits per heavy atom. The van der Waals surface area contributed by atoms with Crippen molar-refractivity contribution in [3.05, 3.63) is 24.3 Å². The maximum Gasteiger partial charge on any atom is 0.240 e. The molecule has 1 aromatic rings. The van der Waals surface area contributed by atoms with Crippen LogP contribution < -0.4 is 10.0 Å². The summed E-state index contributed by atoms with van der Waals surface area (Å²) in [6.45, 7) is 2.62. The molecule has 2 rings (SSSR count). The van der Waals surface area contributed by atoms with Crippen LogP contribution in [0.4, 0.5) is 5.69 Å². The molecule has 5 nitrogen and oxygen atoms in total. The molecule has 1 saturated carbocycles. The van der Waals surface area contributed by atoms with Crippen LogP contribution >= 0.6 is 0 Å². The van der Waals surface area contributed by atoms with Crippen LogP contribution in [0.25, 0.3) is 0 Å². The van der Waals surface area contributed by atoms with Crippen LogP contribution in [0.2, 0.25) is 0 Å². The fourth-order valence-electron chi connectivity index (χ4n) is 2.12. The van der Waals surface area contributed by atoms with E-state index in [9.17, 15) is 8.42 Å². The van der Waals surface area contributed by atoms with E-state index < -0.39 is 10.0 Å². The molecule has 1 fully saturated rings. The van der Waals surface area contributed by atoms with E-state index in [-0.39, 0.29) is 12.1 Å². The molecule has 0 spiro atoms. The summed E-state index contributed by atoms with van der Waals surface area (Å²) in [5.41, 5.74) is 0.888. The lowest BCUT2D eigenvalue weighted by atomic mass is 9.90. The Hall–Kier alpha value is -1.11. The largest absolute Gasteiger partial charge is 0.388 e. The average Bonchev–Trinajstić information content (AvgIpc) is 2.36. The first-order valence-electron chi connectivity index (χ1n) is 6.47. The SMILES string of the molecule is CCOC1CC(NS(=O)(=O)c2ccc(NC)cc2)C1. The van der Waals surface area contributed by atoms with Crippen molar-refractivity contribution in [2.24, 2.45) is 0 Å². The maximum absolute atomic E-state index is 12.1. The molecule has 0 aliphatic heterocycles. The van der Waals surface area contributed by atoms with E-state index in [1.807, 2.05) is 6.92 Å². The summed E-state index contributed by atoms with van der Waals surface area (Å²) in [5, 5.41) is 2.96. The summed E-state index contributed by atoms with van der Waals surface area (Å²) in [5.74, 6) is 0. The summed E-state index contributed by atoms with van der Waals surface area (Å²) in [6.07, 6.45) is 1.70. The Bertz CT molecular complexity index is 507. The lowest BCUT2D eigenvalue weighted by Crippen LogP contribution is -2.47. The van der Waals surface area contributed by atoms with Gasteiger partial charge in [0, 0.05) is 25.4 Å². The Morgan fingerprint density at radius 3 is 2.42 bits per heavy atom. The monoisotopic (exact) mass is 284 g/mol. The second-order valence-corrected chi connectivity index (χ2v) is 6.36. The predicted octanol–water partition coefficient (Wildman–Crippen LogP) is 1.57. The number of rotatable bonds is 6. The Morgan fingerprint density at radius 2 is 1.89 bits per heavy atom. The van der Waals surface area contributed by atoms with Crippen LogP contribution in [0.1, 0.15) is 19.8 Å². The zero-order chi connectivity index (χ0) is 13.9. The van der Waals surface area contributed by atoms with Gasteiger partial charge in [-0.2, -0.15) is 0 Å². The van der Waals surface area contributed by atoms with Gasteiger partial charge < -0.3 is 10.1 Å². The highest BCUT2D eigenvalue weighted by Crippen LogP contribution is 2.25. The minimum atomic E-state index is -3.42.